The number of alkyl halides is 3. The number of rotatable bonds is 1. The van der Waals surface area contributed by atoms with Crippen LogP contribution in [0.25, 0.3) is 0 Å². The second-order valence-corrected chi connectivity index (χ2v) is 4.68. The van der Waals surface area contributed by atoms with Gasteiger partial charge in [0.1, 0.15) is 6.04 Å². The van der Waals surface area contributed by atoms with E-state index in [2.05, 4.69) is 16.2 Å². The molecule has 74 valence electrons. The summed E-state index contributed by atoms with van der Waals surface area (Å²) < 4.78 is -2.04. The predicted molar refractivity (Wildman–Crippen MR) is 48.4 cm³/mol. The van der Waals surface area contributed by atoms with E-state index in [4.69, 9.17) is 34.8 Å². The van der Waals surface area contributed by atoms with Gasteiger partial charge in [0.05, 0.1) is 0 Å². The van der Waals surface area contributed by atoms with Crippen molar-refractivity contribution in [1.82, 2.24) is 16.2 Å². The molecule has 0 radical (unpaired) electrons. The minimum absolute atomic E-state index is 0.269. The fourth-order valence-corrected chi connectivity index (χ4v) is 0.940. The van der Waals surface area contributed by atoms with Gasteiger partial charge in [0.25, 0.3) is 15.6 Å². The molecule has 1 fully saturated rings. The molecule has 0 spiro atoms. The van der Waals surface area contributed by atoms with Gasteiger partial charge in [-0.25, -0.2) is 5.43 Å². The number of nitrogens with one attached hydrogen (secondary N) is 3. The molecule has 0 bridgehead atoms. The first-order valence-corrected chi connectivity index (χ1v) is 4.45. The van der Waals surface area contributed by atoms with Gasteiger partial charge in [0.2, 0.25) is 0 Å². The van der Waals surface area contributed by atoms with Crippen LogP contribution in [0.1, 0.15) is 0 Å². The molecule has 1 atom stereocenters. The quantitative estimate of drug-likeness (QED) is 0.545. The highest BCUT2D eigenvalue weighted by Gasteiger charge is 2.35. The summed E-state index contributed by atoms with van der Waals surface area (Å²) in [5, 5.41) is 2.26. The summed E-state index contributed by atoms with van der Waals surface area (Å²) in [6, 6.07) is -0.692. The molecule has 3 N–H and O–H groups in total. The minimum atomic E-state index is -2.04. The molecule has 0 aromatic heterocycles. The first kappa shape index (κ1) is 10.8. The average Bonchev–Trinajstić information content (AvgIpc) is 2.34. The van der Waals surface area contributed by atoms with E-state index in [0.717, 1.165) is 0 Å². The van der Waals surface area contributed by atoms with Crippen molar-refractivity contribution >= 4 is 46.6 Å². The third-order valence-corrected chi connectivity index (χ3v) is 1.91. The Balaban J connectivity index is 2.49. The Bertz CT molecular complexity index is 240. The molecule has 1 heterocycles. The van der Waals surface area contributed by atoms with Crippen LogP contribution in [0.15, 0.2) is 0 Å². The van der Waals surface area contributed by atoms with Gasteiger partial charge in [0.15, 0.2) is 0 Å². The molecule has 13 heavy (non-hydrogen) atoms. The molecule has 1 aliphatic rings. The molecule has 1 saturated heterocycles. The Morgan fingerprint density at radius 3 is 2.54 bits per heavy atom. The lowest BCUT2D eigenvalue weighted by Gasteiger charge is -2.13. The van der Waals surface area contributed by atoms with Crippen LogP contribution in [0.2, 0.25) is 0 Å². The van der Waals surface area contributed by atoms with Crippen LogP contribution in [-0.4, -0.2) is 28.2 Å². The first-order chi connectivity index (χ1) is 5.91. The van der Waals surface area contributed by atoms with Crippen molar-refractivity contribution in [2.24, 2.45) is 0 Å². The normalized spacial score (nSPS) is 22.7. The van der Waals surface area contributed by atoms with Crippen LogP contribution >= 0.6 is 34.8 Å². The van der Waals surface area contributed by atoms with E-state index in [9.17, 15) is 9.59 Å². The lowest BCUT2D eigenvalue weighted by Crippen LogP contribution is -2.46. The van der Waals surface area contributed by atoms with Gasteiger partial charge in [-0.2, -0.15) is 0 Å². The second kappa shape index (κ2) is 3.88. The Morgan fingerprint density at radius 1 is 1.54 bits per heavy atom. The van der Waals surface area contributed by atoms with Gasteiger partial charge in [0, 0.05) is 6.54 Å². The largest absolute Gasteiger partial charge is 0.339 e. The molecule has 2 amide bonds. The molecule has 1 unspecified atom stereocenters. The van der Waals surface area contributed by atoms with E-state index in [0.29, 0.717) is 0 Å². The summed E-state index contributed by atoms with van der Waals surface area (Å²) in [7, 11) is 0. The number of halogens is 3. The lowest BCUT2D eigenvalue weighted by molar-refractivity contribution is -0.126. The Hall–Kier alpha value is -0.230. The van der Waals surface area contributed by atoms with Gasteiger partial charge < -0.3 is 5.32 Å². The molecule has 1 rings (SSSR count). The van der Waals surface area contributed by atoms with Gasteiger partial charge in [-0.1, -0.05) is 34.8 Å². The van der Waals surface area contributed by atoms with Crippen molar-refractivity contribution < 1.29 is 9.59 Å². The first-order valence-electron chi connectivity index (χ1n) is 3.31. The van der Waals surface area contributed by atoms with Gasteiger partial charge in [-0.15, -0.1) is 0 Å². The van der Waals surface area contributed by atoms with Crippen molar-refractivity contribution in [3.63, 3.8) is 0 Å². The summed E-state index contributed by atoms with van der Waals surface area (Å²) in [6.45, 7) is 0.269. The minimum Gasteiger partial charge on any atom is -0.339 e. The number of carbonyl (C=O) groups excluding carboxylic acids is 2. The third-order valence-electron chi connectivity index (χ3n) is 1.40. The SMILES string of the molecule is O=C1NNCC1NC(=O)C(Cl)(Cl)Cl. The van der Waals surface area contributed by atoms with Crippen LogP contribution in [0.5, 0.6) is 0 Å². The van der Waals surface area contributed by atoms with Crippen molar-refractivity contribution in [3.05, 3.63) is 0 Å². The molecular weight excluding hydrogens is 240 g/mol. The van der Waals surface area contributed by atoms with Crippen LogP contribution in [-0.2, 0) is 9.59 Å². The maximum atomic E-state index is 11.1. The molecule has 8 heteroatoms. The number of hydrazine groups is 1. The summed E-state index contributed by atoms with van der Waals surface area (Å²) in [5.41, 5.74) is 4.83. The van der Waals surface area contributed by atoms with E-state index in [1.165, 1.54) is 0 Å². The van der Waals surface area contributed by atoms with Crippen molar-refractivity contribution in [2.45, 2.75) is 9.83 Å². The maximum Gasteiger partial charge on any atom is 0.272 e. The summed E-state index contributed by atoms with van der Waals surface area (Å²) in [5.74, 6) is -1.18. The average molecular weight is 246 g/mol. The zero-order chi connectivity index (χ0) is 10.1. The molecule has 1 aliphatic heterocycles. The highest BCUT2D eigenvalue weighted by Crippen LogP contribution is 2.25. The van der Waals surface area contributed by atoms with Crippen molar-refractivity contribution in [2.75, 3.05) is 6.54 Å². The second-order valence-electron chi connectivity index (χ2n) is 2.39. The summed E-state index contributed by atoms with van der Waals surface area (Å²) in [6.07, 6.45) is 0. The van der Waals surface area contributed by atoms with Crippen LogP contribution in [0.3, 0.4) is 0 Å². The van der Waals surface area contributed by atoms with Gasteiger partial charge >= 0.3 is 0 Å². The molecule has 0 aliphatic carbocycles. The lowest BCUT2D eigenvalue weighted by atomic mass is 10.3. The van der Waals surface area contributed by atoms with E-state index in [1.54, 1.807) is 0 Å². The smallest absolute Gasteiger partial charge is 0.272 e. The molecule has 0 saturated carbocycles. The highest BCUT2D eigenvalue weighted by molar-refractivity contribution is 6.76. The van der Waals surface area contributed by atoms with Gasteiger partial charge in [-0.3, -0.25) is 15.0 Å². The van der Waals surface area contributed by atoms with Crippen LogP contribution < -0.4 is 16.2 Å². The summed E-state index contributed by atoms with van der Waals surface area (Å²) >= 11 is 15.8. The van der Waals surface area contributed by atoms with Crippen molar-refractivity contribution in [1.29, 1.82) is 0 Å². The standard InChI is InChI=1S/C5H6Cl3N3O2/c6-5(7,8)4(13)10-2-1-9-11-3(2)12/h2,9H,1H2,(H,10,13)(H,11,12). The number of hydrogen-bond acceptors (Lipinski definition) is 3. The predicted octanol–water partition coefficient (Wildman–Crippen LogP) is -0.524. The Kier molecular flexibility index (Phi) is 3.23. The highest BCUT2D eigenvalue weighted by atomic mass is 35.6. The molecule has 0 aromatic rings. The van der Waals surface area contributed by atoms with E-state index < -0.39 is 15.7 Å². The van der Waals surface area contributed by atoms with E-state index in [-0.39, 0.29) is 12.5 Å². The fourth-order valence-electron chi connectivity index (χ4n) is 0.777. The monoisotopic (exact) mass is 245 g/mol. The number of carbonyl (C=O) groups is 2. The van der Waals surface area contributed by atoms with E-state index in [1.807, 2.05) is 0 Å². The fraction of sp³-hybridized carbons (Fsp3) is 0.600. The third kappa shape index (κ3) is 2.87. The van der Waals surface area contributed by atoms with Crippen LogP contribution in [0, 0.1) is 0 Å². The zero-order valence-electron chi connectivity index (χ0n) is 6.23. The van der Waals surface area contributed by atoms with Crippen LogP contribution in [0.4, 0.5) is 0 Å². The van der Waals surface area contributed by atoms with Crippen molar-refractivity contribution in [3.8, 4) is 0 Å². The maximum absolute atomic E-state index is 11.1. The topological polar surface area (TPSA) is 70.2 Å². The molecular formula is C5H6Cl3N3O2. The number of amides is 2. The van der Waals surface area contributed by atoms with E-state index >= 15 is 0 Å². The number of hydrogen-bond donors (Lipinski definition) is 3. The Labute approximate surface area is 89.0 Å². The molecule has 5 nitrogen and oxygen atoms in total. The molecule has 0 aromatic carbocycles. The summed E-state index contributed by atoms with van der Waals surface area (Å²) in [4.78, 5) is 22.0. The zero-order valence-corrected chi connectivity index (χ0v) is 8.50. The van der Waals surface area contributed by atoms with Gasteiger partial charge in [-0.05, 0) is 0 Å². The Morgan fingerprint density at radius 2 is 2.15 bits per heavy atom.